The van der Waals surface area contributed by atoms with E-state index < -0.39 is 48.2 Å². The van der Waals surface area contributed by atoms with E-state index in [1.807, 2.05) is 27.5 Å². The molecule has 4 N–H and O–H groups in total. The molecule has 0 aliphatic rings. The Morgan fingerprint density at radius 2 is 1.72 bits per heavy atom. The summed E-state index contributed by atoms with van der Waals surface area (Å²) in [5.41, 5.74) is 0.248. The van der Waals surface area contributed by atoms with Crippen LogP contribution in [0.3, 0.4) is 0 Å². The Morgan fingerprint density at radius 3 is 2.31 bits per heavy atom. The fraction of sp³-hybridized carbons (Fsp3) is 0.600. The molecule has 36 heavy (non-hydrogen) atoms. The van der Waals surface area contributed by atoms with Crippen LogP contribution in [-0.2, 0) is 19.2 Å². The van der Waals surface area contributed by atoms with E-state index in [2.05, 4.69) is 17.6 Å². The van der Waals surface area contributed by atoms with Crippen LogP contribution in [0.5, 0.6) is 5.75 Å². The molecule has 0 saturated carbocycles. The van der Waals surface area contributed by atoms with E-state index in [-0.39, 0.29) is 18.5 Å². The van der Waals surface area contributed by atoms with E-state index in [1.165, 1.54) is 7.11 Å². The third-order valence-corrected chi connectivity index (χ3v) is 6.35. The molecule has 3 atom stereocenters. The Balaban J connectivity index is 2.84. The Labute approximate surface area is 226 Å². The minimum atomic E-state index is -1.59. The normalized spacial score (nSPS) is 13.5. The zero-order chi connectivity index (χ0) is 27.3. The van der Waals surface area contributed by atoms with Gasteiger partial charge in [0.1, 0.15) is 11.8 Å². The number of carboxylic acid groups (broad SMARTS) is 1. The van der Waals surface area contributed by atoms with Crippen LogP contribution in [-0.4, -0.2) is 78.0 Å². The van der Waals surface area contributed by atoms with Crippen LogP contribution in [0.4, 0.5) is 0 Å². The van der Waals surface area contributed by atoms with E-state index in [0.29, 0.717) is 12.3 Å². The lowest BCUT2D eigenvalue weighted by molar-refractivity contribution is -0.141. The van der Waals surface area contributed by atoms with Crippen molar-refractivity contribution in [3.63, 3.8) is 0 Å². The number of Topliss-reactive ketones (excluding diaryl/α,β-unsaturated/α-hetero) is 1. The number of nitrogens with zero attached hydrogens (tertiary/aromatic N) is 1. The maximum atomic E-state index is 12.9. The average molecular weight is 619 g/mol. The van der Waals surface area contributed by atoms with Crippen molar-refractivity contribution < 1.29 is 34.1 Å². The highest BCUT2D eigenvalue weighted by molar-refractivity contribution is 14.1. The second kappa shape index (κ2) is 16.5. The van der Waals surface area contributed by atoms with Gasteiger partial charge in [-0.15, -0.1) is 0 Å². The standard InChI is InChI=1S/C25H38IN3O7/c1-5-7-8-9-12-29(3)15-20(30)19(14-22(31)32)28-24(34)18(6-2)27-25(35)23(33)17-13-16(26)10-11-21(17)36-4/h10-11,13,18-19,23,33H,5-9,12,14-15H2,1-4H3,(H,27,35)(H,28,34)(H,31,32)/t18-,19?,23+/m0/s1. The van der Waals surface area contributed by atoms with Crippen molar-refractivity contribution in [3.8, 4) is 5.75 Å². The Hall–Kier alpha value is -2.25. The molecule has 0 aromatic heterocycles. The third-order valence-electron chi connectivity index (χ3n) is 5.68. The topological polar surface area (TPSA) is 145 Å². The quantitative estimate of drug-likeness (QED) is 0.154. The molecule has 0 fully saturated rings. The second-order valence-corrected chi connectivity index (χ2v) is 9.93. The van der Waals surface area contributed by atoms with Crippen LogP contribution in [0.15, 0.2) is 18.2 Å². The van der Waals surface area contributed by atoms with E-state index in [9.17, 15) is 29.4 Å². The van der Waals surface area contributed by atoms with Crippen molar-refractivity contribution >= 4 is 46.2 Å². The number of carbonyl (C=O) groups is 4. The highest BCUT2D eigenvalue weighted by atomic mass is 127. The first-order chi connectivity index (χ1) is 17.0. The number of ketones is 1. The van der Waals surface area contributed by atoms with Crippen LogP contribution in [0.25, 0.3) is 0 Å². The minimum Gasteiger partial charge on any atom is -0.496 e. The molecule has 0 bridgehead atoms. The second-order valence-electron chi connectivity index (χ2n) is 8.68. The number of amides is 2. The molecule has 10 nitrogen and oxygen atoms in total. The van der Waals surface area contributed by atoms with Crippen molar-refractivity contribution in [2.24, 2.45) is 0 Å². The van der Waals surface area contributed by atoms with Crippen LogP contribution in [0.1, 0.15) is 64.0 Å². The van der Waals surface area contributed by atoms with Crippen LogP contribution in [0.2, 0.25) is 0 Å². The molecule has 0 spiro atoms. The van der Waals surface area contributed by atoms with E-state index >= 15 is 0 Å². The molecule has 0 aliphatic heterocycles. The van der Waals surface area contributed by atoms with E-state index in [4.69, 9.17) is 4.74 Å². The Morgan fingerprint density at radius 1 is 1.06 bits per heavy atom. The van der Waals surface area contributed by atoms with Crippen molar-refractivity contribution in [2.75, 3.05) is 27.2 Å². The SMILES string of the molecule is CCCCCCN(C)CC(=O)C(CC(=O)O)NC(=O)[C@H](CC)NC(=O)[C@H](O)c1cc(I)ccc1OC. The Kier molecular flexibility index (Phi) is 14.6. The third kappa shape index (κ3) is 10.8. The van der Waals surface area contributed by atoms with Crippen molar-refractivity contribution in [2.45, 2.75) is 70.6 Å². The van der Waals surface area contributed by atoms with Crippen molar-refractivity contribution in [3.05, 3.63) is 27.3 Å². The number of halogens is 1. The summed E-state index contributed by atoms with van der Waals surface area (Å²) in [6.07, 6.45) is 2.18. The number of likely N-dealkylation sites (N-methyl/N-ethyl adjacent to an activating group) is 1. The molecular weight excluding hydrogens is 581 g/mol. The van der Waals surface area contributed by atoms with Gasteiger partial charge in [0.2, 0.25) is 5.91 Å². The van der Waals surface area contributed by atoms with Gasteiger partial charge in [-0.05, 0) is 67.2 Å². The summed E-state index contributed by atoms with van der Waals surface area (Å²) in [5.74, 6) is -2.84. The summed E-state index contributed by atoms with van der Waals surface area (Å²) < 4.78 is 6.00. The predicted octanol–water partition coefficient (Wildman–Crippen LogP) is 2.27. The monoisotopic (exact) mass is 619 g/mol. The lowest BCUT2D eigenvalue weighted by Gasteiger charge is -2.24. The number of aliphatic hydroxyl groups is 1. The summed E-state index contributed by atoms with van der Waals surface area (Å²) >= 11 is 2.04. The van der Waals surface area contributed by atoms with E-state index in [0.717, 1.165) is 29.3 Å². The smallest absolute Gasteiger partial charge is 0.305 e. The van der Waals surface area contributed by atoms with Gasteiger partial charge in [-0.1, -0.05) is 33.1 Å². The van der Waals surface area contributed by atoms with Crippen LogP contribution in [0, 0.1) is 3.57 Å². The predicted molar refractivity (Wildman–Crippen MR) is 144 cm³/mol. The van der Waals surface area contributed by atoms with Gasteiger partial charge in [-0.2, -0.15) is 0 Å². The molecule has 1 unspecified atom stereocenters. The van der Waals surface area contributed by atoms with Crippen LogP contribution < -0.4 is 15.4 Å². The minimum absolute atomic E-state index is 0.00134. The maximum absolute atomic E-state index is 12.9. The first kappa shape index (κ1) is 31.8. The lowest BCUT2D eigenvalue weighted by atomic mass is 10.1. The molecule has 11 heteroatoms. The molecule has 1 rings (SSSR count). The molecule has 0 aliphatic carbocycles. The summed E-state index contributed by atoms with van der Waals surface area (Å²) in [5, 5.41) is 24.8. The maximum Gasteiger partial charge on any atom is 0.305 e. The summed E-state index contributed by atoms with van der Waals surface area (Å²) in [4.78, 5) is 51.5. The number of aliphatic carboxylic acids is 1. The summed E-state index contributed by atoms with van der Waals surface area (Å²) in [6.45, 7) is 4.45. The summed E-state index contributed by atoms with van der Waals surface area (Å²) in [6, 6.07) is 2.68. The first-order valence-electron chi connectivity index (χ1n) is 12.1. The molecule has 2 amide bonds. The number of ether oxygens (including phenoxy) is 1. The highest BCUT2D eigenvalue weighted by Gasteiger charge is 2.30. The number of nitrogens with one attached hydrogen (secondary N) is 2. The molecular formula is C25H38IN3O7. The highest BCUT2D eigenvalue weighted by Crippen LogP contribution is 2.27. The lowest BCUT2D eigenvalue weighted by Crippen LogP contribution is -2.53. The number of carbonyl (C=O) groups excluding carboxylic acids is 3. The number of aliphatic hydroxyl groups excluding tert-OH is 1. The van der Waals surface area contributed by atoms with E-state index in [1.54, 1.807) is 32.2 Å². The number of carboxylic acids is 1. The van der Waals surface area contributed by atoms with Gasteiger partial charge in [0, 0.05) is 9.13 Å². The van der Waals surface area contributed by atoms with Gasteiger partial charge < -0.3 is 25.6 Å². The molecule has 0 heterocycles. The molecule has 1 aromatic rings. The van der Waals surface area contributed by atoms with Crippen LogP contribution >= 0.6 is 22.6 Å². The number of methoxy groups -OCH3 is 1. The van der Waals surface area contributed by atoms with Gasteiger partial charge in [-0.25, -0.2) is 0 Å². The fourth-order valence-corrected chi connectivity index (χ4v) is 4.14. The summed E-state index contributed by atoms with van der Waals surface area (Å²) in [7, 11) is 3.19. The van der Waals surface area contributed by atoms with Gasteiger partial charge in [0.25, 0.3) is 5.91 Å². The molecule has 1 aromatic carbocycles. The number of hydrogen-bond acceptors (Lipinski definition) is 7. The zero-order valence-electron chi connectivity index (χ0n) is 21.4. The number of rotatable bonds is 17. The largest absolute Gasteiger partial charge is 0.496 e. The zero-order valence-corrected chi connectivity index (χ0v) is 23.5. The van der Waals surface area contributed by atoms with Crippen molar-refractivity contribution in [1.29, 1.82) is 0 Å². The van der Waals surface area contributed by atoms with Gasteiger partial charge in [-0.3, -0.25) is 24.1 Å². The average Bonchev–Trinajstić information content (AvgIpc) is 2.83. The van der Waals surface area contributed by atoms with Gasteiger partial charge >= 0.3 is 5.97 Å². The van der Waals surface area contributed by atoms with Gasteiger partial charge in [0.15, 0.2) is 11.9 Å². The number of unbranched alkanes of at least 4 members (excludes halogenated alkanes) is 3. The Bertz CT molecular complexity index is 896. The fourth-order valence-electron chi connectivity index (χ4n) is 3.62. The first-order valence-corrected chi connectivity index (χ1v) is 13.2. The van der Waals surface area contributed by atoms with Crippen molar-refractivity contribution in [1.82, 2.24) is 15.5 Å². The molecule has 202 valence electrons. The van der Waals surface area contributed by atoms with Gasteiger partial charge in [0.05, 0.1) is 26.1 Å². The number of benzene rings is 1. The number of hydrogen-bond donors (Lipinski definition) is 4. The molecule has 0 saturated heterocycles. The molecule has 0 radical (unpaired) electrons.